The SMILES string of the molecule is Nc1cc(Br)ccc1CS(=O)(=O)c1ccc(F)c(F)c1. The van der Waals surface area contributed by atoms with Crippen LogP contribution < -0.4 is 5.73 Å². The molecule has 0 saturated carbocycles. The first-order valence-electron chi connectivity index (χ1n) is 5.51. The molecule has 0 atom stereocenters. The lowest BCUT2D eigenvalue weighted by Gasteiger charge is -2.08. The van der Waals surface area contributed by atoms with Crippen molar-refractivity contribution in [2.45, 2.75) is 10.6 Å². The van der Waals surface area contributed by atoms with Gasteiger partial charge in [-0.2, -0.15) is 0 Å². The highest BCUT2D eigenvalue weighted by Crippen LogP contribution is 2.24. The van der Waals surface area contributed by atoms with Gasteiger partial charge in [-0.3, -0.25) is 0 Å². The van der Waals surface area contributed by atoms with Crippen molar-refractivity contribution in [1.82, 2.24) is 0 Å². The summed E-state index contributed by atoms with van der Waals surface area (Å²) in [5.41, 5.74) is 6.44. The fourth-order valence-electron chi connectivity index (χ4n) is 1.66. The summed E-state index contributed by atoms with van der Waals surface area (Å²) >= 11 is 3.22. The molecule has 0 bridgehead atoms. The summed E-state index contributed by atoms with van der Waals surface area (Å²) in [7, 11) is -3.79. The topological polar surface area (TPSA) is 60.2 Å². The Morgan fingerprint density at radius 3 is 2.35 bits per heavy atom. The van der Waals surface area contributed by atoms with E-state index in [2.05, 4.69) is 15.9 Å². The van der Waals surface area contributed by atoms with Crippen molar-refractivity contribution < 1.29 is 17.2 Å². The Kier molecular flexibility index (Phi) is 4.10. The van der Waals surface area contributed by atoms with E-state index in [-0.39, 0.29) is 10.6 Å². The minimum absolute atomic E-state index is 0.279. The van der Waals surface area contributed by atoms with Crippen molar-refractivity contribution in [2.24, 2.45) is 0 Å². The lowest BCUT2D eigenvalue weighted by Crippen LogP contribution is -2.07. The van der Waals surface area contributed by atoms with Crippen LogP contribution >= 0.6 is 15.9 Å². The average Bonchev–Trinajstić information content (AvgIpc) is 2.36. The zero-order valence-corrected chi connectivity index (χ0v) is 12.5. The highest BCUT2D eigenvalue weighted by molar-refractivity contribution is 9.10. The Morgan fingerprint density at radius 1 is 1.05 bits per heavy atom. The summed E-state index contributed by atoms with van der Waals surface area (Å²) in [5, 5.41) is 0. The van der Waals surface area contributed by atoms with Crippen LogP contribution in [0.25, 0.3) is 0 Å². The average molecular weight is 362 g/mol. The van der Waals surface area contributed by atoms with Crippen molar-refractivity contribution in [3.05, 3.63) is 58.1 Å². The van der Waals surface area contributed by atoms with E-state index in [1.165, 1.54) is 0 Å². The maximum atomic E-state index is 13.1. The number of rotatable bonds is 3. The van der Waals surface area contributed by atoms with E-state index in [4.69, 9.17) is 5.73 Å². The molecule has 7 heteroatoms. The number of benzene rings is 2. The second-order valence-electron chi connectivity index (χ2n) is 4.18. The Labute approximate surface area is 123 Å². The number of anilines is 1. The second-order valence-corrected chi connectivity index (χ2v) is 7.08. The fraction of sp³-hybridized carbons (Fsp3) is 0.0769. The van der Waals surface area contributed by atoms with Gasteiger partial charge in [-0.15, -0.1) is 0 Å². The molecule has 0 aliphatic rings. The van der Waals surface area contributed by atoms with Gasteiger partial charge in [-0.1, -0.05) is 22.0 Å². The molecule has 0 heterocycles. The number of hydrogen-bond donors (Lipinski definition) is 1. The molecule has 2 aromatic carbocycles. The number of hydrogen-bond acceptors (Lipinski definition) is 3. The van der Waals surface area contributed by atoms with Crippen LogP contribution in [0.3, 0.4) is 0 Å². The minimum atomic E-state index is -3.79. The zero-order chi connectivity index (χ0) is 14.9. The summed E-state index contributed by atoms with van der Waals surface area (Å²) in [6.07, 6.45) is 0. The first-order valence-corrected chi connectivity index (χ1v) is 7.96. The molecule has 0 aromatic heterocycles. The smallest absolute Gasteiger partial charge is 0.182 e. The van der Waals surface area contributed by atoms with Crippen molar-refractivity contribution in [3.8, 4) is 0 Å². The second kappa shape index (κ2) is 5.49. The molecule has 106 valence electrons. The molecule has 0 unspecified atom stereocenters. The molecule has 0 aliphatic heterocycles. The summed E-state index contributed by atoms with van der Waals surface area (Å²) in [4.78, 5) is -0.279. The first kappa shape index (κ1) is 14.9. The van der Waals surface area contributed by atoms with Crippen molar-refractivity contribution in [2.75, 3.05) is 5.73 Å². The van der Waals surface area contributed by atoms with E-state index in [0.29, 0.717) is 17.3 Å². The molecule has 0 spiro atoms. The predicted octanol–water partition coefficient (Wildman–Crippen LogP) is 3.28. The molecule has 2 aromatic rings. The third-order valence-electron chi connectivity index (χ3n) is 2.70. The largest absolute Gasteiger partial charge is 0.398 e. The van der Waals surface area contributed by atoms with Gasteiger partial charge in [0.15, 0.2) is 21.5 Å². The van der Waals surface area contributed by atoms with Gasteiger partial charge in [0.2, 0.25) is 0 Å². The Balaban J connectivity index is 2.38. The van der Waals surface area contributed by atoms with Crippen molar-refractivity contribution in [3.63, 3.8) is 0 Å². The van der Waals surface area contributed by atoms with E-state index in [1.54, 1.807) is 18.2 Å². The van der Waals surface area contributed by atoms with Gasteiger partial charge in [0.25, 0.3) is 0 Å². The minimum Gasteiger partial charge on any atom is -0.398 e. The number of nitrogen functional groups attached to an aromatic ring is 1. The predicted molar refractivity (Wildman–Crippen MR) is 75.8 cm³/mol. The van der Waals surface area contributed by atoms with Gasteiger partial charge in [0.05, 0.1) is 10.6 Å². The van der Waals surface area contributed by atoms with E-state index in [1.807, 2.05) is 0 Å². The number of nitrogens with two attached hydrogens (primary N) is 1. The molecule has 2 rings (SSSR count). The Hall–Kier alpha value is -1.47. The van der Waals surface area contributed by atoms with E-state index < -0.39 is 21.5 Å². The third-order valence-corrected chi connectivity index (χ3v) is 4.86. The highest BCUT2D eigenvalue weighted by atomic mass is 79.9. The van der Waals surface area contributed by atoms with Crippen LogP contribution in [0.1, 0.15) is 5.56 Å². The van der Waals surface area contributed by atoms with Gasteiger partial charge >= 0.3 is 0 Å². The quantitative estimate of drug-likeness (QED) is 0.673. The molecule has 3 nitrogen and oxygen atoms in total. The molecule has 0 amide bonds. The molecule has 0 saturated heterocycles. The summed E-state index contributed by atoms with van der Waals surface area (Å²) < 4.78 is 51.0. The van der Waals surface area contributed by atoms with Gasteiger partial charge in [0.1, 0.15) is 0 Å². The monoisotopic (exact) mass is 361 g/mol. The van der Waals surface area contributed by atoms with Gasteiger partial charge in [-0.25, -0.2) is 17.2 Å². The van der Waals surface area contributed by atoms with E-state index in [0.717, 1.165) is 16.6 Å². The van der Waals surface area contributed by atoms with E-state index in [9.17, 15) is 17.2 Å². The van der Waals surface area contributed by atoms with Crippen LogP contribution in [-0.4, -0.2) is 8.42 Å². The fourth-order valence-corrected chi connectivity index (χ4v) is 3.43. The molecular formula is C13H10BrF2NO2S. The Bertz CT molecular complexity index is 763. The maximum absolute atomic E-state index is 13.1. The van der Waals surface area contributed by atoms with Crippen LogP contribution in [0, 0.1) is 11.6 Å². The maximum Gasteiger partial charge on any atom is 0.182 e. The lowest BCUT2D eigenvalue weighted by atomic mass is 10.2. The van der Waals surface area contributed by atoms with Gasteiger partial charge in [-0.05, 0) is 35.9 Å². The van der Waals surface area contributed by atoms with Crippen LogP contribution in [0.4, 0.5) is 14.5 Å². The van der Waals surface area contributed by atoms with Crippen molar-refractivity contribution >= 4 is 31.5 Å². The number of sulfone groups is 1. The highest BCUT2D eigenvalue weighted by Gasteiger charge is 2.18. The summed E-state index contributed by atoms with van der Waals surface area (Å²) in [6.45, 7) is 0. The standard InChI is InChI=1S/C13H10BrF2NO2S/c14-9-2-1-8(13(17)5-9)7-20(18,19)10-3-4-11(15)12(16)6-10/h1-6H,7,17H2. The normalized spacial score (nSPS) is 11.6. The van der Waals surface area contributed by atoms with Gasteiger partial charge in [0, 0.05) is 10.2 Å². The molecule has 2 N–H and O–H groups in total. The van der Waals surface area contributed by atoms with Gasteiger partial charge < -0.3 is 5.73 Å². The zero-order valence-electron chi connectivity index (χ0n) is 10.1. The van der Waals surface area contributed by atoms with Crippen LogP contribution in [0.5, 0.6) is 0 Å². The molecule has 0 aliphatic carbocycles. The number of halogens is 3. The molecular weight excluding hydrogens is 352 g/mol. The molecule has 0 fully saturated rings. The lowest BCUT2D eigenvalue weighted by molar-refractivity contribution is 0.504. The van der Waals surface area contributed by atoms with Crippen LogP contribution in [-0.2, 0) is 15.6 Å². The van der Waals surface area contributed by atoms with E-state index >= 15 is 0 Å². The molecule has 20 heavy (non-hydrogen) atoms. The first-order chi connectivity index (χ1) is 9.29. The Morgan fingerprint density at radius 2 is 1.75 bits per heavy atom. The van der Waals surface area contributed by atoms with Crippen LogP contribution in [0.2, 0.25) is 0 Å². The summed E-state index contributed by atoms with van der Waals surface area (Å²) in [5.74, 6) is -2.67. The molecule has 0 radical (unpaired) electrons. The summed E-state index contributed by atoms with van der Waals surface area (Å²) in [6, 6.07) is 7.29. The van der Waals surface area contributed by atoms with Crippen LogP contribution in [0.15, 0.2) is 45.8 Å². The van der Waals surface area contributed by atoms with Crippen molar-refractivity contribution in [1.29, 1.82) is 0 Å². The third kappa shape index (κ3) is 3.16.